The highest BCUT2D eigenvalue weighted by Gasteiger charge is 2.15. The first kappa shape index (κ1) is 13.2. The summed E-state index contributed by atoms with van der Waals surface area (Å²) < 4.78 is 2.77. The van der Waals surface area contributed by atoms with Crippen LogP contribution in [0.1, 0.15) is 12.1 Å². The lowest BCUT2D eigenvalue weighted by Crippen LogP contribution is -2.06. The van der Waals surface area contributed by atoms with E-state index in [0.717, 1.165) is 21.4 Å². The fraction of sp³-hybridized carbons (Fsp3) is 0.333. The SMILES string of the molecule is NCc1nnn(CCCO)c1-c1ccccc1Br. The van der Waals surface area contributed by atoms with Crippen molar-refractivity contribution in [3.05, 3.63) is 34.4 Å². The lowest BCUT2D eigenvalue weighted by atomic mass is 10.1. The van der Waals surface area contributed by atoms with Gasteiger partial charge >= 0.3 is 0 Å². The number of aliphatic hydroxyl groups excluding tert-OH is 1. The second-order valence-electron chi connectivity index (χ2n) is 3.87. The summed E-state index contributed by atoms with van der Waals surface area (Å²) in [4.78, 5) is 0. The molecule has 2 aromatic rings. The number of halogens is 1. The molecule has 0 aliphatic carbocycles. The second-order valence-corrected chi connectivity index (χ2v) is 4.72. The summed E-state index contributed by atoms with van der Waals surface area (Å²) in [5.74, 6) is 0. The highest BCUT2D eigenvalue weighted by Crippen LogP contribution is 2.29. The number of rotatable bonds is 5. The van der Waals surface area contributed by atoms with Gasteiger partial charge in [0.1, 0.15) is 5.69 Å². The van der Waals surface area contributed by atoms with Crippen molar-refractivity contribution >= 4 is 15.9 Å². The van der Waals surface area contributed by atoms with Gasteiger partial charge in [0, 0.05) is 29.7 Å². The summed E-state index contributed by atoms with van der Waals surface area (Å²) in [6.07, 6.45) is 0.644. The molecular formula is C12H15BrN4O. The molecule has 6 heteroatoms. The summed E-state index contributed by atoms with van der Waals surface area (Å²) in [6.45, 7) is 1.10. The number of nitrogens with zero attached hydrogens (tertiary/aromatic N) is 3. The van der Waals surface area contributed by atoms with Crippen LogP contribution in [0.15, 0.2) is 28.7 Å². The van der Waals surface area contributed by atoms with Crippen LogP contribution in [0.2, 0.25) is 0 Å². The predicted octanol–water partition coefficient (Wildman–Crippen LogP) is 1.55. The smallest absolute Gasteiger partial charge is 0.104 e. The van der Waals surface area contributed by atoms with E-state index in [4.69, 9.17) is 10.8 Å². The maximum Gasteiger partial charge on any atom is 0.104 e. The van der Waals surface area contributed by atoms with Crippen LogP contribution in [-0.4, -0.2) is 26.7 Å². The maximum absolute atomic E-state index is 8.91. The predicted molar refractivity (Wildman–Crippen MR) is 72.8 cm³/mol. The first-order valence-corrected chi connectivity index (χ1v) is 6.55. The fourth-order valence-corrected chi connectivity index (χ4v) is 2.28. The number of benzene rings is 1. The minimum atomic E-state index is 0.132. The lowest BCUT2D eigenvalue weighted by Gasteiger charge is -2.08. The lowest BCUT2D eigenvalue weighted by molar-refractivity contribution is 0.276. The average Bonchev–Trinajstić information content (AvgIpc) is 2.79. The number of aromatic nitrogens is 3. The number of aryl methyl sites for hydroxylation is 1. The quantitative estimate of drug-likeness (QED) is 0.878. The number of aliphatic hydroxyl groups is 1. The third kappa shape index (κ3) is 2.60. The van der Waals surface area contributed by atoms with E-state index in [9.17, 15) is 0 Å². The Labute approximate surface area is 114 Å². The molecule has 0 aliphatic rings. The zero-order chi connectivity index (χ0) is 13.0. The summed E-state index contributed by atoms with van der Waals surface area (Å²) in [5, 5.41) is 17.1. The Kier molecular flexibility index (Phi) is 4.46. The van der Waals surface area contributed by atoms with Crippen LogP contribution in [0.3, 0.4) is 0 Å². The Bertz CT molecular complexity index is 527. The third-order valence-corrected chi connectivity index (χ3v) is 3.35. The number of hydrogen-bond acceptors (Lipinski definition) is 4. The number of hydrogen-bond donors (Lipinski definition) is 2. The van der Waals surface area contributed by atoms with Crippen molar-refractivity contribution in [2.75, 3.05) is 6.61 Å². The van der Waals surface area contributed by atoms with Crippen molar-refractivity contribution in [1.82, 2.24) is 15.0 Å². The molecule has 2 rings (SSSR count). The molecule has 0 unspecified atom stereocenters. The zero-order valence-electron chi connectivity index (χ0n) is 9.88. The zero-order valence-corrected chi connectivity index (χ0v) is 11.5. The van der Waals surface area contributed by atoms with Gasteiger partial charge in [-0.1, -0.05) is 39.3 Å². The van der Waals surface area contributed by atoms with Gasteiger partial charge in [-0.15, -0.1) is 5.10 Å². The average molecular weight is 311 g/mol. The number of nitrogens with two attached hydrogens (primary N) is 1. The molecular weight excluding hydrogens is 296 g/mol. The van der Waals surface area contributed by atoms with Crippen molar-refractivity contribution in [2.45, 2.75) is 19.5 Å². The molecule has 0 aliphatic heterocycles. The van der Waals surface area contributed by atoms with Gasteiger partial charge in [0.15, 0.2) is 0 Å². The van der Waals surface area contributed by atoms with Crippen molar-refractivity contribution < 1.29 is 5.11 Å². The van der Waals surface area contributed by atoms with Crippen LogP contribution in [0.25, 0.3) is 11.3 Å². The second kappa shape index (κ2) is 6.08. The minimum Gasteiger partial charge on any atom is -0.396 e. The highest BCUT2D eigenvalue weighted by molar-refractivity contribution is 9.10. The summed E-state index contributed by atoms with van der Waals surface area (Å²) in [7, 11) is 0. The van der Waals surface area contributed by atoms with E-state index in [-0.39, 0.29) is 6.61 Å². The monoisotopic (exact) mass is 310 g/mol. The van der Waals surface area contributed by atoms with E-state index in [0.29, 0.717) is 19.5 Å². The first-order valence-electron chi connectivity index (χ1n) is 5.76. The Morgan fingerprint density at radius 2 is 2.11 bits per heavy atom. The Balaban J connectivity index is 2.47. The van der Waals surface area contributed by atoms with Crippen LogP contribution in [0.4, 0.5) is 0 Å². The fourth-order valence-electron chi connectivity index (χ4n) is 1.81. The molecule has 1 aromatic heterocycles. The van der Waals surface area contributed by atoms with Gasteiger partial charge in [-0.2, -0.15) is 0 Å². The molecule has 0 bridgehead atoms. The molecule has 0 amide bonds. The standard InChI is InChI=1S/C12H15BrN4O/c13-10-5-2-1-4-9(10)12-11(8-14)15-16-17(12)6-3-7-18/h1-2,4-5,18H,3,6-8,14H2. The Morgan fingerprint density at radius 3 is 2.78 bits per heavy atom. The Hall–Kier alpha value is -1.24. The van der Waals surface area contributed by atoms with Gasteiger partial charge in [0.2, 0.25) is 0 Å². The highest BCUT2D eigenvalue weighted by atomic mass is 79.9. The topological polar surface area (TPSA) is 77.0 Å². The van der Waals surface area contributed by atoms with Gasteiger partial charge in [0.25, 0.3) is 0 Å². The summed E-state index contributed by atoms with van der Waals surface area (Å²) >= 11 is 3.52. The molecule has 5 nitrogen and oxygen atoms in total. The van der Waals surface area contributed by atoms with Crippen molar-refractivity contribution in [3.63, 3.8) is 0 Å². The Morgan fingerprint density at radius 1 is 1.33 bits per heavy atom. The van der Waals surface area contributed by atoms with Gasteiger partial charge < -0.3 is 10.8 Å². The molecule has 18 heavy (non-hydrogen) atoms. The van der Waals surface area contributed by atoms with Crippen LogP contribution < -0.4 is 5.73 Å². The maximum atomic E-state index is 8.91. The van der Waals surface area contributed by atoms with Gasteiger partial charge in [-0.3, -0.25) is 0 Å². The van der Waals surface area contributed by atoms with Gasteiger partial charge in [0.05, 0.1) is 5.69 Å². The minimum absolute atomic E-state index is 0.132. The molecule has 0 fully saturated rings. The van der Waals surface area contributed by atoms with E-state index in [1.165, 1.54) is 0 Å². The molecule has 0 radical (unpaired) electrons. The molecule has 96 valence electrons. The van der Waals surface area contributed by atoms with E-state index in [1.54, 1.807) is 4.68 Å². The van der Waals surface area contributed by atoms with E-state index in [2.05, 4.69) is 26.2 Å². The largest absolute Gasteiger partial charge is 0.396 e. The summed E-state index contributed by atoms with van der Waals surface area (Å²) in [6, 6.07) is 7.89. The van der Waals surface area contributed by atoms with E-state index >= 15 is 0 Å². The van der Waals surface area contributed by atoms with Crippen LogP contribution in [0, 0.1) is 0 Å². The molecule has 1 heterocycles. The van der Waals surface area contributed by atoms with Crippen molar-refractivity contribution in [1.29, 1.82) is 0 Å². The van der Waals surface area contributed by atoms with Crippen molar-refractivity contribution in [2.24, 2.45) is 5.73 Å². The van der Waals surface area contributed by atoms with Crippen LogP contribution in [-0.2, 0) is 13.1 Å². The van der Waals surface area contributed by atoms with Gasteiger partial charge in [-0.25, -0.2) is 4.68 Å². The van der Waals surface area contributed by atoms with Gasteiger partial charge in [-0.05, 0) is 12.5 Å². The molecule has 0 atom stereocenters. The van der Waals surface area contributed by atoms with Crippen molar-refractivity contribution in [3.8, 4) is 11.3 Å². The third-order valence-electron chi connectivity index (χ3n) is 2.66. The molecule has 0 spiro atoms. The first-order chi connectivity index (χ1) is 8.77. The van der Waals surface area contributed by atoms with E-state index < -0.39 is 0 Å². The molecule has 0 saturated heterocycles. The van der Waals surface area contributed by atoms with Crippen LogP contribution >= 0.6 is 15.9 Å². The molecule has 3 N–H and O–H groups in total. The summed E-state index contributed by atoms with van der Waals surface area (Å²) in [5.41, 5.74) is 8.39. The van der Waals surface area contributed by atoms with Crippen LogP contribution in [0.5, 0.6) is 0 Å². The van der Waals surface area contributed by atoms with E-state index in [1.807, 2.05) is 24.3 Å². The molecule has 1 aromatic carbocycles. The molecule has 0 saturated carbocycles. The normalized spacial score (nSPS) is 10.8.